The van der Waals surface area contributed by atoms with Gasteiger partial charge >= 0.3 is 6.18 Å². The van der Waals surface area contributed by atoms with E-state index in [4.69, 9.17) is 5.73 Å². The van der Waals surface area contributed by atoms with Crippen LogP contribution in [0, 0.1) is 0 Å². The number of amides is 1. The molecule has 0 atom stereocenters. The third-order valence-corrected chi connectivity index (χ3v) is 3.08. The number of para-hydroxylation sites is 1. The second-order valence-electron chi connectivity index (χ2n) is 4.50. The van der Waals surface area contributed by atoms with Gasteiger partial charge in [0.1, 0.15) is 5.54 Å². The standard InChI is InChI=1S/C12H13F3N2O/c13-12(14,15)11(5-6-11)17-10(18)7-8-3-1-2-4-9(8)16/h1-4H,5-7,16H2,(H,17,18). The van der Waals surface area contributed by atoms with Crippen molar-refractivity contribution < 1.29 is 18.0 Å². The predicted molar refractivity (Wildman–Crippen MR) is 60.7 cm³/mol. The molecule has 0 aromatic heterocycles. The summed E-state index contributed by atoms with van der Waals surface area (Å²) in [7, 11) is 0. The fourth-order valence-electron chi connectivity index (χ4n) is 1.78. The molecule has 18 heavy (non-hydrogen) atoms. The van der Waals surface area contributed by atoms with Crippen molar-refractivity contribution >= 4 is 11.6 Å². The first-order valence-corrected chi connectivity index (χ1v) is 5.55. The van der Waals surface area contributed by atoms with Crippen LogP contribution >= 0.6 is 0 Å². The van der Waals surface area contributed by atoms with Crippen LogP contribution in [0.1, 0.15) is 18.4 Å². The number of benzene rings is 1. The molecule has 1 aliphatic carbocycles. The number of nitrogens with two attached hydrogens (primary N) is 1. The lowest BCUT2D eigenvalue weighted by Crippen LogP contribution is -2.48. The number of hydrogen-bond acceptors (Lipinski definition) is 2. The lowest BCUT2D eigenvalue weighted by molar-refractivity contribution is -0.170. The van der Waals surface area contributed by atoms with Gasteiger partial charge in [0.15, 0.2) is 0 Å². The summed E-state index contributed by atoms with van der Waals surface area (Å²) in [5.41, 5.74) is 4.57. The van der Waals surface area contributed by atoms with E-state index in [1.807, 2.05) is 0 Å². The van der Waals surface area contributed by atoms with Gasteiger partial charge < -0.3 is 11.1 Å². The van der Waals surface area contributed by atoms with Gasteiger partial charge in [0, 0.05) is 5.69 Å². The highest BCUT2D eigenvalue weighted by Gasteiger charge is 2.64. The molecule has 0 unspecified atom stereocenters. The van der Waals surface area contributed by atoms with Crippen molar-refractivity contribution in [1.29, 1.82) is 0 Å². The number of anilines is 1. The quantitative estimate of drug-likeness (QED) is 0.815. The number of carbonyl (C=O) groups is 1. The summed E-state index contributed by atoms with van der Waals surface area (Å²) >= 11 is 0. The topological polar surface area (TPSA) is 55.1 Å². The number of hydrogen-bond donors (Lipinski definition) is 2. The summed E-state index contributed by atoms with van der Waals surface area (Å²) in [6, 6.07) is 6.63. The number of halogens is 3. The number of nitrogens with one attached hydrogen (secondary N) is 1. The predicted octanol–water partition coefficient (Wildman–Crippen LogP) is 2.02. The number of rotatable bonds is 3. The highest BCUT2D eigenvalue weighted by molar-refractivity contribution is 5.81. The molecule has 3 nitrogen and oxygen atoms in total. The largest absolute Gasteiger partial charge is 0.411 e. The van der Waals surface area contributed by atoms with Gasteiger partial charge in [0.25, 0.3) is 0 Å². The fourth-order valence-corrected chi connectivity index (χ4v) is 1.78. The third-order valence-electron chi connectivity index (χ3n) is 3.08. The summed E-state index contributed by atoms with van der Waals surface area (Å²) in [6.45, 7) is 0. The highest BCUT2D eigenvalue weighted by Crippen LogP contribution is 2.48. The van der Waals surface area contributed by atoms with Crippen molar-refractivity contribution in [3.63, 3.8) is 0 Å². The van der Waals surface area contributed by atoms with Gasteiger partial charge in [0.05, 0.1) is 6.42 Å². The average Bonchev–Trinajstić information content (AvgIpc) is 3.01. The Labute approximate surface area is 102 Å². The van der Waals surface area contributed by atoms with Crippen LogP contribution in [0.2, 0.25) is 0 Å². The van der Waals surface area contributed by atoms with Crippen LogP contribution in [0.3, 0.4) is 0 Å². The van der Waals surface area contributed by atoms with E-state index in [2.05, 4.69) is 5.32 Å². The Morgan fingerprint density at radius 3 is 2.44 bits per heavy atom. The molecule has 1 saturated carbocycles. The number of nitrogen functional groups attached to an aromatic ring is 1. The molecule has 1 fully saturated rings. The maximum absolute atomic E-state index is 12.6. The van der Waals surface area contributed by atoms with Crippen molar-refractivity contribution in [2.24, 2.45) is 0 Å². The summed E-state index contributed by atoms with van der Waals surface area (Å²) in [4.78, 5) is 11.6. The Balaban J connectivity index is 2.01. The van der Waals surface area contributed by atoms with Crippen LogP contribution < -0.4 is 11.1 Å². The van der Waals surface area contributed by atoms with E-state index >= 15 is 0 Å². The lowest BCUT2D eigenvalue weighted by atomic mass is 10.1. The molecule has 1 aromatic rings. The highest BCUT2D eigenvalue weighted by atomic mass is 19.4. The Morgan fingerprint density at radius 1 is 1.33 bits per heavy atom. The van der Waals surface area contributed by atoms with E-state index in [9.17, 15) is 18.0 Å². The monoisotopic (exact) mass is 258 g/mol. The molecule has 0 spiro atoms. The van der Waals surface area contributed by atoms with Gasteiger partial charge in [-0.25, -0.2) is 0 Å². The first-order valence-electron chi connectivity index (χ1n) is 5.55. The normalized spacial score (nSPS) is 17.3. The zero-order valence-electron chi connectivity index (χ0n) is 9.55. The van der Waals surface area contributed by atoms with E-state index in [1.165, 1.54) is 0 Å². The maximum atomic E-state index is 12.6. The van der Waals surface area contributed by atoms with E-state index in [0.29, 0.717) is 11.3 Å². The molecule has 2 rings (SSSR count). The SMILES string of the molecule is Nc1ccccc1CC(=O)NC1(C(F)(F)F)CC1. The molecule has 1 aromatic carbocycles. The van der Waals surface area contributed by atoms with Crippen LogP contribution in [0.25, 0.3) is 0 Å². The van der Waals surface area contributed by atoms with Gasteiger partial charge in [-0.1, -0.05) is 18.2 Å². The Hall–Kier alpha value is -1.72. The van der Waals surface area contributed by atoms with Gasteiger partial charge in [-0.2, -0.15) is 13.2 Å². The Bertz CT molecular complexity index is 467. The van der Waals surface area contributed by atoms with Crippen molar-refractivity contribution in [1.82, 2.24) is 5.32 Å². The van der Waals surface area contributed by atoms with Gasteiger partial charge in [0.2, 0.25) is 5.91 Å². The van der Waals surface area contributed by atoms with Crippen LogP contribution in [0.15, 0.2) is 24.3 Å². The molecular weight excluding hydrogens is 245 g/mol. The molecule has 3 N–H and O–H groups in total. The molecule has 0 bridgehead atoms. The number of alkyl halides is 3. The molecule has 0 saturated heterocycles. The van der Waals surface area contributed by atoms with Crippen molar-refractivity contribution in [3.05, 3.63) is 29.8 Å². The zero-order chi connectivity index (χ0) is 13.4. The summed E-state index contributed by atoms with van der Waals surface area (Å²) in [5, 5.41) is 2.06. The molecule has 98 valence electrons. The summed E-state index contributed by atoms with van der Waals surface area (Å²) in [6.07, 6.45) is -4.62. The smallest absolute Gasteiger partial charge is 0.398 e. The minimum Gasteiger partial charge on any atom is -0.398 e. The summed E-state index contributed by atoms with van der Waals surface area (Å²) in [5.74, 6) is -0.650. The van der Waals surface area contributed by atoms with E-state index < -0.39 is 17.6 Å². The Kier molecular flexibility index (Phi) is 2.96. The second kappa shape index (κ2) is 4.19. The van der Waals surface area contributed by atoms with Crippen LogP contribution in [0.5, 0.6) is 0 Å². The molecule has 0 aliphatic heterocycles. The van der Waals surface area contributed by atoms with Crippen LogP contribution in [-0.4, -0.2) is 17.6 Å². The molecule has 6 heteroatoms. The van der Waals surface area contributed by atoms with Crippen molar-refractivity contribution in [2.45, 2.75) is 31.0 Å². The molecular formula is C12H13F3N2O. The Morgan fingerprint density at radius 2 is 1.94 bits per heavy atom. The van der Waals surface area contributed by atoms with Gasteiger partial charge in [-0.15, -0.1) is 0 Å². The first-order chi connectivity index (χ1) is 8.34. The second-order valence-corrected chi connectivity index (χ2v) is 4.50. The molecule has 0 radical (unpaired) electrons. The molecule has 1 aliphatic rings. The fraction of sp³-hybridized carbons (Fsp3) is 0.417. The van der Waals surface area contributed by atoms with Gasteiger partial charge in [-0.05, 0) is 24.5 Å². The molecule has 1 amide bonds. The van der Waals surface area contributed by atoms with Crippen LogP contribution in [0.4, 0.5) is 18.9 Å². The van der Waals surface area contributed by atoms with E-state index in [-0.39, 0.29) is 19.3 Å². The minimum atomic E-state index is -4.38. The molecule has 0 heterocycles. The van der Waals surface area contributed by atoms with Crippen molar-refractivity contribution in [3.8, 4) is 0 Å². The minimum absolute atomic E-state index is 0.0491. The first kappa shape index (κ1) is 12.7. The van der Waals surface area contributed by atoms with E-state index in [0.717, 1.165) is 0 Å². The average molecular weight is 258 g/mol. The zero-order valence-corrected chi connectivity index (χ0v) is 9.55. The third kappa shape index (κ3) is 2.42. The lowest BCUT2D eigenvalue weighted by Gasteiger charge is -2.20. The van der Waals surface area contributed by atoms with Gasteiger partial charge in [-0.3, -0.25) is 4.79 Å². The number of carbonyl (C=O) groups excluding carboxylic acids is 1. The maximum Gasteiger partial charge on any atom is 0.411 e. The van der Waals surface area contributed by atoms with Crippen LogP contribution in [-0.2, 0) is 11.2 Å². The summed E-state index contributed by atoms with van der Waals surface area (Å²) < 4.78 is 37.9. The van der Waals surface area contributed by atoms with Crippen molar-refractivity contribution in [2.75, 3.05) is 5.73 Å². The van der Waals surface area contributed by atoms with E-state index in [1.54, 1.807) is 24.3 Å².